The van der Waals surface area contributed by atoms with Crippen molar-refractivity contribution in [3.63, 3.8) is 0 Å². The van der Waals surface area contributed by atoms with E-state index in [1.807, 2.05) is 26.0 Å². The fourth-order valence-corrected chi connectivity index (χ4v) is 4.32. The summed E-state index contributed by atoms with van der Waals surface area (Å²) in [4.78, 5) is 13.9. The highest BCUT2D eigenvalue weighted by Crippen LogP contribution is 2.35. The highest BCUT2D eigenvalue weighted by molar-refractivity contribution is 5.91. The molecule has 4 rings (SSSR count). The van der Waals surface area contributed by atoms with Crippen molar-refractivity contribution in [2.45, 2.75) is 39.7 Å². The molecule has 0 bridgehead atoms. The van der Waals surface area contributed by atoms with Crippen LogP contribution in [0.1, 0.15) is 41.6 Å². The summed E-state index contributed by atoms with van der Waals surface area (Å²) < 4.78 is 11.7. The Morgan fingerprint density at radius 2 is 1.75 bits per heavy atom. The second kappa shape index (κ2) is 7.84. The summed E-state index contributed by atoms with van der Waals surface area (Å²) in [6.07, 6.45) is 1.85. The van der Waals surface area contributed by atoms with Crippen LogP contribution in [-0.4, -0.2) is 32.2 Å². The summed E-state index contributed by atoms with van der Waals surface area (Å²) >= 11 is 0. The molecule has 2 aliphatic heterocycles. The Labute approximate surface area is 166 Å². The van der Waals surface area contributed by atoms with Gasteiger partial charge in [-0.3, -0.25) is 4.79 Å². The Morgan fingerprint density at radius 3 is 2.46 bits per heavy atom. The van der Waals surface area contributed by atoms with E-state index in [9.17, 15) is 4.79 Å². The van der Waals surface area contributed by atoms with Gasteiger partial charge in [-0.1, -0.05) is 6.07 Å². The number of hydrogen-bond acceptors (Lipinski definition) is 3. The van der Waals surface area contributed by atoms with Gasteiger partial charge in [0, 0.05) is 24.1 Å². The Balaban J connectivity index is 1.47. The van der Waals surface area contributed by atoms with E-state index in [-0.39, 0.29) is 11.9 Å². The number of quaternary nitrogens is 1. The van der Waals surface area contributed by atoms with Gasteiger partial charge in [0.2, 0.25) is 0 Å². The molecule has 0 aromatic heterocycles. The number of amides is 1. The second-order valence-corrected chi connectivity index (χ2v) is 8.03. The molecule has 0 spiro atoms. The van der Waals surface area contributed by atoms with Gasteiger partial charge < -0.3 is 19.7 Å². The van der Waals surface area contributed by atoms with Crippen LogP contribution in [0, 0.1) is 13.8 Å². The first-order valence-electron chi connectivity index (χ1n) is 10.1. The molecule has 0 aliphatic carbocycles. The molecular formula is C23H29N2O3+. The quantitative estimate of drug-likeness (QED) is 0.859. The number of anilines is 1. The number of carbonyl (C=O) groups excluding carboxylic acids is 1. The molecule has 2 aliphatic rings. The lowest BCUT2D eigenvalue weighted by Crippen LogP contribution is -3.14. The molecule has 5 nitrogen and oxygen atoms in total. The standard InChI is InChI=1S/C23H28N2O3/c1-15-9-16(2)11-19(10-15)24-23(26)14-25-6-5-18-12-21-22(13-20(18)17(25)3)28-8-4-7-27-21/h9-13,17H,4-8,14H2,1-3H3,(H,24,26)/p+1/t17-/m0/s1. The maximum Gasteiger partial charge on any atom is 0.279 e. The minimum absolute atomic E-state index is 0.0599. The smallest absolute Gasteiger partial charge is 0.279 e. The Bertz CT molecular complexity index is 873. The summed E-state index contributed by atoms with van der Waals surface area (Å²) in [5, 5.41) is 3.07. The lowest BCUT2D eigenvalue weighted by Gasteiger charge is -2.32. The van der Waals surface area contributed by atoms with Gasteiger partial charge in [-0.25, -0.2) is 0 Å². The van der Waals surface area contributed by atoms with Gasteiger partial charge in [0.15, 0.2) is 18.0 Å². The third-order valence-electron chi connectivity index (χ3n) is 5.70. The molecule has 0 fully saturated rings. The second-order valence-electron chi connectivity index (χ2n) is 8.03. The van der Waals surface area contributed by atoms with E-state index in [1.165, 1.54) is 16.0 Å². The number of carbonyl (C=O) groups is 1. The Kier molecular flexibility index (Phi) is 5.27. The average molecular weight is 381 g/mol. The molecule has 0 saturated carbocycles. The predicted octanol–water partition coefficient (Wildman–Crippen LogP) is 2.61. The van der Waals surface area contributed by atoms with Crippen LogP contribution in [0.3, 0.4) is 0 Å². The third-order valence-corrected chi connectivity index (χ3v) is 5.70. The molecule has 1 unspecified atom stereocenters. The van der Waals surface area contributed by atoms with Crippen molar-refractivity contribution in [1.82, 2.24) is 0 Å². The van der Waals surface area contributed by atoms with Crippen LogP contribution >= 0.6 is 0 Å². The monoisotopic (exact) mass is 381 g/mol. The van der Waals surface area contributed by atoms with Crippen LogP contribution in [-0.2, 0) is 11.2 Å². The predicted molar refractivity (Wildman–Crippen MR) is 109 cm³/mol. The Hall–Kier alpha value is -2.53. The van der Waals surface area contributed by atoms with Gasteiger partial charge in [-0.2, -0.15) is 0 Å². The lowest BCUT2D eigenvalue weighted by molar-refractivity contribution is -0.924. The number of benzene rings is 2. The maximum atomic E-state index is 12.7. The number of ether oxygens (including phenoxy) is 2. The number of nitrogens with one attached hydrogen (secondary N) is 2. The summed E-state index contributed by atoms with van der Waals surface area (Å²) in [5.74, 6) is 1.76. The molecular weight excluding hydrogens is 352 g/mol. The van der Waals surface area contributed by atoms with Gasteiger partial charge in [0.25, 0.3) is 5.91 Å². The molecule has 28 heavy (non-hydrogen) atoms. The van der Waals surface area contributed by atoms with E-state index in [0.717, 1.165) is 47.7 Å². The van der Waals surface area contributed by atoms with Crippen molar-refractivity contribution >= 4 is 11.6 Å². The highest BCUT2D eigenvalue weighted by Gasteiger charge is 2.31. The van der Waals surface area contributed by atoms with Crippen LogP contribution in [0.25, 0.3) is 0 Å². The van der Waals surface area contributed by atoms with E-state index >= 15 is 0 Å². The lowest BCUT2D eigenvalue weighted by atomic mass is 9.93. The van der Waals surface area contributed by atoms with Crippen molar-refractivity contribution in [1.29, 1.82) is 0 Å². The topological polar surface area (TPSA) is 52.0 Å². The van der Waals surface area contributed by atoms with Crippen molar-refractivity contribution in [3.05, 3.63) is 52.6 Å². The van der Waals surface area contributed by atoms with Crippen LogP contribution in [0.2, 0.25) is 0 Å². The van der Waals surface area contributed by atoms with E-state index in [1.54, 1.807) is 0 Å². The van der Waals surface area contributed by atoms with Crippen molar-refractivity contribution in [3.8, 4) is 11.5 Å². The first-order chi connectivity index (χ1) is 13.5. The fraction of sp³-hybridized carbons (Fsp3) is 0.435. The molecule has 2 aromatic rings. The molecule has 148 valence electrons. The largest absolute Gasteiger partial charge is 0.490 e. The number of rotatable bonds is 3. The van der Waals surface area contributed by atoms with Crippen LogP contribution in [0.5, 0.6) is 11.5 Å². The summed E-state index contributed by atoms with van der Waals surface area (Å²) in [6.45, 7) is 9.09. The molecule has 0 radical (unpaired) electrons. The fourth-order valence-electron chi connectivity index (χ4n) is 4.32. The Morgan fingerprint density at radius 1 is 1.07 bits per heavy atom. The molecule has 2 N–H and O–H groups in total. The molecule has 1 amide bonds. The zero-order chi connectivity index (χ0) is 19.7. The minimum atomic E-state index is 0.0599. The highest BCUT2D eigenvalue weighted by atomic mass is 16.5. The number of fused-ring (bicyclic) bond motifs is 2. The SMILES string of the molecule is Cc1cc(C)cc(NC(=O)C[NH+]2CCc3cc4c(cc3[C@@H]2C)OCCCO4)c1. The van der Waals surface area contributed by atoms with E-state index < -0.39 is 0 Å². The first-order valence-corrected chi connectivity index (χ1v) is 10.1. The van der Waals surface area contributed by atoms with Crippen molar-refractivity contribution < 1.29 is 19.2 Å². The number of hydrogen-bond donors (Lipinski definition) is 2. The van der Waals surface area contributed by atoms with E-state index in [0.29, 0.717) is 19.8 Å². The first kappa shape index (κ1) is 18.8. The normalized spacial score (nSPS) is 20.8. The molecule has 2 heterocycles. The van der Waals surface area contributed by atoms with Gasteiger partial charge in [0.1, 0.15) is 6.04 Å². The molecule has 2 aromatic carbocycles. The van der Waals surface area contributed by atoms with Gasteiger partial charge in [-0.05, 0) is 61.7 Å². The molecule has 0 saturated heterocycles. The maximum absolute atomic E-state index is 12.7. The zero-order valence-electron chi connectivity index (χ0n) is 16.9. The zero-order valence-corrected chi connectivity index (χ0v) is 16.9. The van der Waals surface area contributed by atoms with Crippen LogP contribution in [0.4, 0.5) is 5.69 Å². The number of aryl methyl sites for hydroxylation is 2. The van der Waals surface area contributed by atoms with Crippen molar-refractivity contribution in [2.75, 3.05) is 31.6 Å². The van der Waals surface area contributed by atoms with Gasteiger partial charge in [-0.15, -0.1) is 0 Å². The van der Waals surface area contributed by atoms with Gasteiger partial charge >= 0.3 is 0 Å². The summed E-state index contributed by atoms with van der Waals surface area (Å²) in [6, 6.07) is 10.6. The van der Waals surface area contributed by atoms with Gasteiger partial charge in [0.05, 0.1) is 19.8 Å². The molecule has 2 atom stereocenters. The molecule has 5 heteroatoms. The van der Waals surface area contributed by atoms with Crippen molar-refractivity contribution in [2.24, 2.45) is 0 Å². The summed E-state index contributed by atoms with van der Waals surface area (Å²) in [5.41, 5.74) is 5.78. The van der Waals surface area contributed by atoms with Crippen LogP contribution < -0.4 is 19.7 Å². The van der Waals surface area contributed by atoms with E-state index in [4.69, 9.17) is 9.47 Å². The average Bonchev–Trinajstić information content (AvgIpc) is 2.86. The van der Waals surface area contributed by atoms with E-state index in [2.05, 4.69) is 30.4 Å². The van der Waals surface area contributed by atoms with Crippen LogP contribution in [0.15, 0.2) is 30.3 Å². The third kappa shape index (κ3) is 3.99. The minimum Gasteiger partial charge on any atom is -0.490 e. The summed E-state index contributed by atoms with van der Waals surface area (Å²) in [7, 11) is 0.